The first-order valence-electron chi connectivity index (χ1n) is 8.14. The Bertz CT molecular complexity index is 940. The molecule has 7 nitrogen and oxygen atoms in total. The second kappa shape index (κ2) is 8.92. The molecule has 0 spiro atoms. The SMILES string of the molecule is COc1cnc(Cl)c(Nc2ncnc3cc(OCCCCl)c(OC)cc23)c1. The van der Waals surface area contributed by atoms with E-state index >= 15 is 0 Å². The molecular weight excluding hydrogens is 391 g/mol. The molecule has 0 fully saturated rings. The lowest BCUT2D eigenvalue weighted by Gasteiger charge is -2.14. The second-order valence-electron chi connectivity index (χ2n) is 5.47. The largest absolute Gasteiger partial charge is 0.495 e. The van der Waals surface area contributed by atoms with E-state index in [1.54, 1.807) is 32.5 Å². The van der Waals surface area contributed by atoms with Crippen molar-refractivity contribution in [3.05, 3.63) is 35.9 Å². The zero-order valence-corrected chi connectivity index (χ0v) is 16.3. The van der Waals surface area contributed by atoms with Crippen molar-refractivity contribution in [3.8, 4) is 17.2 Å². The molecule has 0 unspecified atom stereocenters. The number of rotatable bonds is 8. The van der Waals surface area contributed by atoms with E-state index in [-0.39, 0.29) is 0 Å². The lowest BCUT2D eigenvalue weighted by Crippen LogP contribution is -2.02. The zero-order valence-electron chi connectivity index (χ0n) is 14.8. The van der Waals surface area contributed by atoms with Gasteiger partial charge in [-0.2, -0.15) is 0 Å². The van der Waals surface area contributed by atoms with E-state index in [0.29, 0.717) is 51.9 Å². The number of hydrogen-bond acceptors (Lipinski definition) is 7. The van der Waals surface area contributed by atoms with Gasteiger partial charge in [-0.3, -0.25) is 0 Å². The molecule has 1 N–H and O–H groups in total. The molecule has 2 heterocycles. The number of ether oxygens (including phenoxy) is 3. The van der Waals surface area contributed by atoms with Crippen LogP contribution >= 0.6 is 23.2 Å². The van der Waals surface area contributed by atoms with E-state index in [1.165, 1.54) is 6.33 Å². The van der Waals surface area contributed by atoms with Gasteiger partial charge in [0.1, 0.15) is 17.9 Å². The summed E-state index contributed by atoms with van der Waals surface area (Å²) in [7, 11) is 3.14. The number of hydrogen-bond donors (Lipinski definition) is 1. The zero-order chi connectivity index (χ0) is 19.2. The number of anilines is 2. The summed E-state index contributed by atoms with van der Waals surface area (Å²) in [6.45, 7) is 0.493. The topological polar surface area (TPSA) is 78.4 Å². The lowest BCUT2D eigenvalue weighted by atomic mass is 10.2. The minimum Gasteiger partial charge on any atom is -0.495 e. The molecule has 0 radical (unpaired) electrons. The molecular formula is C18H18Cl2N4O3. The van der Waals surface area contributed by atoms with Crippen molar-refractivity contribution in [2.45, 2.75) is 6.42 Å². The van der Waals surface area contributed by atoms with E-state index in [4.69, 9.17) is 37.4 Å². The van der Waals surface area contributed by atoms with E-state index < -0.39 is 0 Å². The summed E-state index contributed by atoms with van der Waals surface area (Å²) in [5.41, 5.74) is 1.26. The predicted octanol–water partition coefficient (Wildman–Crippen LogP) is 4.45. The van der Waals surface area contributed by atoms with Gasteiger partial charge in [-0.15, -0.1) is 11.6 Å². The molecule has 0 saturated carbocycles. The van der Waals surface area contributed by atoms with Gasteiger partial charge in [0.15, 0.2) is 16.7 Å². The molecule has 0 aliphatic heterocycles. The van der Waals surface area contributed by atoms with Crippen molar-refractivity contribution >= 4 is 45.6 Å². The summed E-state index contributed by atoms with van der Waals surface area (Å²) >= 11 is 11.9. The Morgan fingerprint density at radius 2 is 1.89 bits per heavy atom. The maximum atomic E-state index is 6.18. The van der Waals surface area contributed by atoms with Gasteiger partial charge < -0.3 is 19.5 Å². The number of fused-ring (bicyclic) bond motifs is 1. The number of nitrogens with zero attached hydrogens (tertiary/aromatic N) is 3. The summed E-state index contributed by atoms with van der Waals surface area (Å²) < 4.78 is 16.4. The third-order valence-corrected chi connectivity index (χ3v) is 4.33. The van der Waals surface area contributed by atoms with Gasteiger partial charge in [-0.1, -0.05) is 11.6 Å². The van der Waals surface area contributed by atoms with Gasteiger partial charge in [0.2, 0.25) is 0 Å². The Morgan fingerprint density at radius 3 is 2.63 bits per heavy atom. The smallest absolute Gasteiger partial charge is 0.163 e. The average molecular weight is 409 g/mol. The normalized spacial score (nSPS) is 10.7. The quantitative estimate of drug-likeness (QED) is 0.335. The molecule has 142 valence electrons. The van der Waals surface area contributed by atoms with Gasteiger partial charge >= 0.3 is 0 Å². The Balaban J connectivity index is 1.99. The van der Waals surface area contributed by atoms with Crippen LogP contribution in [0.2, 0.25) is 5.15 Å². The third-order valence-electron chi connectivity index (χ3n) is 3.76. The van der Waals surface area contributed by atoms with Crippen molar-refractivity contribution in [2.24, 2.45) is 0 Å². The van der Waals surface area contributed by atoms with E-state index in [2.05, 4.69) is 20.3 Å². The summed E-state index contributed by atoms with van der Waals surface area (Å²) in [4.78, 5) is 12.7. The highest BCUT2D eigenvalue weighted by Crippen LogP contribution is 2.35. The summed E-state index contributed by atoms with van der Waals surface area (Å²) in [6, 6.07) is 5.36. The Labute approximate surface area is 166 Å². The first-order chi connectivity index (χ1) is 13.2. The highest BCUT2D eigenvalue weighted by molar-refractivity contribution is 6.32. The fourth-order valence-corrected chi connectivity index (χ4v) is 2.69. The molecule has 3 aromatic rings. The van der Waals surface area contributed by atoms with E-state index in [9.17, 15) is 0 Å². The van der Waals surface area contributed by atoms with E-state index in [1.807, 2.05) is 6.07 Å². The number of aromatic nitrogens is 3. The summed E-state index contributed by atoms with van der Waals surface area (Å²) in [5.74, 6) is 2.84. The predicted molar refractivity (Wildman–Crippen MR) is 106 cm³/mol. The monoisotopic (exact) mass is 408 g/mol. The van der Waals surface area contributed by atoms with Gasteiger partial charge in [0, 0.05) is 23.4 Å². The van der Waals surface area contributed by atoms with Crippen LogP contribution in [0.4, 0.5) is 11.5 Å². The van der Waals surface area contributed by atoms with Crippen LogP contribution in [0.25, 0.3) is 10.9 Å². The minimum absolute atomic E-state index is 0.301. The number of nitrogens with one attached hydrogen (secondary N) is 1. The number of alkyl halides is 1. The van der Waals surface area contributed by atoms with Crippen LogP contribution < -0.4 is 19.5 Å². The van der Waals surface area contributed by atoms with Crippen LogP contribution in [0.3, 0.4) is 0 Å². The fraction of sp³-hybridized carbons (Fsp3) is 0.278. The number of pyridine rings is 1. The van der Waals surface area contributed by atoms with Crippen LogP contribution in [0.5, 0.6) is 17.2 Å². The summed E-state index contributed by atoms with van der Waals surface area (Å²) in [6.07, 6.45) is 3.74. The van der Waals surface area contributed by atoms with Crippen LogP contribution in [0.15, 0.2) is 30.7 Å². The highest BCUT2D eigenvalue weighted by Gasteiger charge is 2.13. The highest BCUT2D eigenvalue weighted by atomic mass is 35.5. The number of methoxy groups -OCH3 is 2. The van der Waals surface area contributed by atoms with Crippen molar-refractivity contribution in [2.75, 3.05) is 32.0 Å². The molecule has 2 aromatic heterocycles. The second-order valence-corrected chi connectivity index (χ2v) is 6.21. The molecule has 0 aliphatic carbocycles. The Morgan fingerprint density at radius 1 is 1.04 bits per heavy atom. The van der Waals surface area contributed by atoms with E-state index in [0.717, 1.165) is 11.8 Å². The van der Waals surface area contributed by atoms with Crippen LogP contribution in [0.1, 0.15) is 6.42 Å². The van der Waals surface area contributed by atoms with Gasteiger partial charge in [-0.25, -0.2) is 15.0 Å². The first kappa shape index (κ1) is 19.3. The molecule has 9 heteroatoms. The van der Waals surface area contributed by atoms with Crippen molar-refractivity contribution in [1.82, 2.24) is 15.0 Å². The fourth-order valence-electron chi connectivity index (χ4n) is 2.43. The molecule has 3 rings (SSSR count). The Kier molecular flexibility index (Phi) is 6.36. The lowest BCUT2D eigenvalue weighted by molar-refractivity contribution is 0.295. The average Bonchev–Trinajstić information content (AvgIpc) is 2.69. The van der Waals surface area contributed by atoms with Crippen LogP contribution in [-0.2, 0) is 0 Å². The number of halogens is 2. The molecule has 0 aliphatic rings. The molecule has 27 heavy (non-hydrogen) atoms. The third kappa shape index (κ3) is 4.43. The van der Waals surface area contributed by atoms with Gasteiger partial charge in [-0.05, 0) is 12.5 Å². The molecule has 0 amide bonds. The maximum absolute atomic E-state index is 6.18. The van der Waals surface area contributed by atoms with Gasteiger partial charge in [0.25, 0.3) is 0 Å². The minimum atomic E-state index is 0.301. The molecule has 0 saturated heterocycles. The number of benzene rings is 1. The van der Waals surface area contributed by atoms with Crippen molar-refractivity contribution < 1.29 is 14.2 Å². The molecule has 1 aromatic carbocycles. The molecule has 0 bridgehead atoms. The van der Waals surface area contributed by atoms with Crippen LogP contribution in [0, 0.1) is 0 Å². The van der Waals surface area contributed by atoms with Crippen LogP contribution in [-0.4, -0.2) is 41.7 Å². The van der Waals surface area contributed by atoms with Gasteiger partial charge in [0.05, 0.1) is 38.2 Å². The maximum Gasteiger partial charge on any atom is 0.163 e. The standard InChI is InChI=1S/C18H18Cl2N4O3/c1-25-11-6-14(17(20)21-9-11)24-18-12-7-15(26-2)16(27-5-3-4-19)8-13(12)22-10-23-18/h6-10H,3-5H2,1-2H3,(H,22,23,24). The molecule has 0 atom stereocenters. The van der Waals surface area contributed by atoms with Crippen molar-refractivity contribution in [3.63, 3.8) is 0 Å². The summed E-state index contributed by atoms with van der Waals surface area (Å²) in [5, 5.41) is 4.22. The van der Waals surface area contributed by atoms with Crippen molar-refractivity contribution in [1.29, 1.82) is 0 Å². The Hall–Kier alpha value is -2.51. The first-order valence-corrected chi connectivity index (χ1v) is 9.05.